The lowest BCUT2D eigenvalue weighted by molar-refractivity contribution is 0.102. The summed E-state index contributed by atoms with van der Waals surface area (Å²) in [6.07, 6.45) is 3.47. The molecular formula is C17H15N3O2. The summed E-state index contributed by atoms with van der Waals surface area (Å²) in [5, 5.41) is 2.86. The highest BCUT2D eigenvalue weighted by Gasteiger charge is 2.11. The molecule has 0 fully saturated rings. The Kier molecular flexibility index (Phi) is 3.87. The molecule has 1 aromatic heterocycles. The number of imidazole rings is 1. The Labute approximate surface area is 128 Å². The minimum Gasteiger partial charge on any atom is -0.496 e. The summed E-state index contributed by atoms with van der Waals surface area (Å²) < 4.78 is 5.20. The van der Waals surface area contributed by atoms with E-state index in [2.05, 4.69) is 15.3 Å². The predicted octanol–water partition coefficient (Wildman–Crippen LogP) is 3.34. The molecule has 0 saturated heterocycles. The summed E-state index contributed by atoms with van der Waals surface area (Å²) in [6, 6.07) is 14.6. The normalized spacial score (nSPS) is 10.2. The maximum Gasteiger partial charge on any atom is 0.259 e. The zero-order chi connectivity index (χ0) is 15.4. The number of methoxy groups -OCH3 is 1. The van der Waals surface area contributed by atoms with E-state index in [0.29, 0.717) is 17.0 Å². The number of benzene rings is 2. The van der Waals surface area contributed by atoms with Crippen LogP contribution < -0.4 is 10.1 Å². The minimum atomic E-state index is -0.205. The molecule has 0 bridgehead atoms. The molecular weight excluding hydrogens is 278 g/mol. The number of anilines is 1. The smallest absolute Gasteiger partial charge is 0.259 e. The number of nitrogens with one attached hydrogen (secondary N) is 2. The van der Waals surface area contributed by atoms with Gasteiger partial charge in [-0.25, -0.2) is 4.98 Å². The Bertz CT molecular complexity index is 765. The molecule has 2 N–H and O–H groups in total. The molecule has 110 valence electrons. The molecule has 0 unspecified atom stereocenters. The molecule has 0 aliphatic heterocycles. The molecule has 0 spiro atoms. The van der Waals surface area contributed by atoms with Gasteiger partial charge in [0.15, 0.2) is 0 Å². The lowest BCUT2D eigenvalue weighted by Crippen LogP contribution is -2.13. The van der Waals surface area contributed by atoms with Crippen molar-refractivity contribution in [3.63, 3.8) is 0 Å². The van der Waals surface area contributed by atoms with Crippen LogP contribution in [0.1, 0.15) is 10.4 Å². The SMILES string of the molecule is COc1ccccc1C(=O)Nc1ccc(-c2ncc[nH]2)cc1. The Morgan fingerprint density at radius 2 is 1.91 bits per heavy atom. The minimum absolute atomic E-state index is 0.205. The van der Waals surface area contributed by atoms with Gasteiger partial charge in [-0.1, -0.05) is 12.1 Å². The summed E-state index contributed by atoms with van der Waals surface area (Å²) in [4.78, 5) is 19.5. The Morgan fingerprint density at radius 1 is 1.14 bits per heavy atom. The number of amides is 1. The number of carbonyl (C=O) groups is 1. The first-order valence-electron chi connectivity index (χ1n) is 6.82. The van der Waals surface area contributed by atoms with Crippen LogP contribution in [0.4, 0.5) is 5.69 Å². The molecule has 0 saturated carbocycles. The van der Waals surface area contributed by atoms with E-state index in [-0.39, 0.29) is 5.91 Å². The number of nitrogens with zero attached hydrogens (tertiary/aromatic N) is 1. The quantitative estimate of drug-likeness (QED) is 0.775. The predicted molar refractivity (Wildman–Crippen MR) is 85.0 cm³/mol. The van der Waals surface area contributed by atoms with Gasteiger partial charge in [0.2, 0.25) is 0 Å². The van der Waals surface area contributed by atoms with E-state index in [0.717, 1.165) is 11.4 Å². The fourth-order valence-corrected chi connectivity index (χ4v) is 2.17. The Balaban J connectivity index is 1.77. The number of hydrogen-bond donors (Lipinski definition) is 2. The van der Waals surface area contributed by atoms with Gasteiger partial charge in [0.05, 0.1) is 12.7 Å². The first kappa shape index (κ1) is 13.9. The third-order valence-electron chi connectivity index (χ3n) is 3.27. The average Bonchev–Trinajstić information content (AvgIpc) is 3.10. The first-order valence-corrected chi connectivity index (χ1v) is 6.82. The standard InChI is InChI=1S/C17H15N3O2/c1-22-15-5-3-2-4-14(15)17(21)20-13-8-6-12(7-9-13)16-18-10-11-19-16/h2-11H,1H3,(H,18,19)(H,20,21). The van der Waals surface area contributed by atoms with Crippen LogP contribution in [0.15, 0.2) is 60.9 Å². The third-order valence-corrected chi connectivity index (χ3v) is 3.27. The van der Waals surface area contributed by atoms with Crippen molar-refractivity contribution >= 4 is 11.6 Å². The van der Waals surface area contributed by atoms with Gasteiger partial charge >= 0.3 is 0 Å². The van der Waals surface area contributed by atoms with Crippen molar-refractivity contribution in [3.05, 3.63) is 66.5 Å². The van der Waals surface area contributed by atoms with Crippen molar-refractivity contribution in [2.24, 2.45) is 0 Å². The second-order valence-electron chi connectivity index (χ2n) is 4.67. The van der Waals surface area contributed by atoms with Gasteiger partial charge in [-0.2, -0.15) is 0 Å². The topological polar surface area (TPSA) is 67.0 Å². The van der Waals surface area contributed by atoms with Crippen molar-refractivity contribution in [2.75, 3.05) is 12.4 Å². The third kappa shape index (κ3) is 2.83. The summed E-state index contributed by atoms with van der Waals surface area (Å²) in [7, 11) is 1.55. The van der Waals surface area contributed by atoms with Gasteiger partial charge in [-0.3, -0.25) is 4.79 Å². The number of aromatic amines is 1. The van der Waals surface area contributed by atoms with Crippen LogP contribution in [-0.2, 0) is 0 Å². The number of para-hydroxylation sites is 1. The molecule has 0 atom stereocenters. The molecule has 1 heterocycles. The molecule has 3 rings (SSSR count). The van der Waals surface area contributed by atoms with Crippen molar-refractivity contribution in [2.45, 2.75) is 0 Å². The van der Waals surface area contributed by atoms with E-state index < -0.39 is 0 Å². The lowest BCUT2D eigenvalue weighted by atomic mass is 10.1. The van der Waals surface area contributed by atoms with Crippen LogP contribution in [-0.4, -0.2) is 23.0 Å². The van der Waals surface area contributed by atoms with Gasteiger partial charge < -0.3 is 15.0 Å². The number of carbonyl (C=O) groups excluding carboxylic acids is 1. The van der Waals surface area contributed by atoms with Crippen LogP contribution in [0, 0.1) is 0 Å². The van der Waals surface area contributed by atoms with Gasteiger partial charge in [0.1, 0.15) is 11.6 Å². The Hall–Kier alpha value is -3.08. The van der Waals surface area contributed by atoms with Crippen LogP contribution >= 0.6 is 0 Å². The molecule has 1 amide bonds. The van der Waals surface area contributed by atoms with Crippen LogP contribution in [0.3, 0.4) is 0 Å². The van der Waals surface area contributed by atoms with Crippen LogP contribution in [0.25, 0.3) is 11.4 Å². The largest absolute Gasteiger partial charge is 0.496 e. The molecule has 5 nitrogen and oxygen atoms in total. The van der Waals surface area contributed by atoms with E-state index in [1.54, 1.807) is 37.7 Å². The van der Waals surface area contributed by atoms with Gasteiger partial charge in [-0.15, -0.1) is 0 Å². The molecule has 0 radical (unpaired) electrons. The molecule has 5 heteroatoms. The Morgan fingerprint density at radius 3 is 2.59 bits per heavy atom. The van der Waals surface area contributed by atoms with Crippen LogP contribution in [0.5, 0.6) is 5.75 Å². The zero-order valence-electron chi connectivity index (χ0n) is 12.0. The average molecular weight is 293 g/mol. The van der Waals surface area contributed by atoms with E-state index >= 15 is 0 Å². The number of ether oxygens (including phenoxy) is 1. The molecule has 3 aromatic rings. The van der Waals surface area contributed by atoms with E-state index in [4.69, 9.17) is 4.74 Å². The highest BCUT2D eigenvalue weighted by atomic mass is 16.5. The first-order chi connectivity index (χ1) is 10.8. The van der Waals surface area contributed by atoms with Crippen molar-refractivity contribution in [1.29, 1.82) is 0 Å². The fourth-order valence-electron chi connectivity index (χ4n) is 2.17. The molecule has 22 heavy (non-hydrogen) atoms. The van der Waals surface area contributed by atoms with Crippen molar-refractivity contribution < 1.29 is 9.53 Å². The molecule has 0 aliphatic rings. The number of hydrogen-bond acceptors (Lipinski definition) is 3. The highest BCUT2D eigenvalue weighted by molar-refractivity contribution is 6.06. The fraction of sp³-hybridized carbons (Fsp3) is 0.0588. The lowest BCUT2D eigenvalue weighted by Gasteiger charge is -2.09. The number of aromatic nitrogens is 2. The maximum absolute atomic E-state index is 12.3. The molecule has 0 aliphatic carbocycles. The maximum atomic E-state index is 12.3. The summed E-state index contributed by atoms with van der Waals surface area (Å²) in [5.41, 5.74) is 2.17. The van der Waals surface area contributed by atoms with Gasteiger partial charge in [0.25, 0.3) is 5.91 Å². The van der Waals surface area contributed by atoms with Crippen molar-refractivity contribution in [1.82, 2.24) is 9.97 Å². The summed E-state index contributed by atoms with van der Waals surface area (Å²) in [5.74, 6) is 1.14. The number of rotatable bonds is 4. The molecule has 2 aromatic carbocycles. The van der Waals surface area contributed by atoms with E-state index in [1.807, 2.05) is 30.3 Å². The van der Waals surface area contributed by atoms with E-state index in [9.17, 15) is 4.79 Å². The zero-order valence-corrected chi connectivity index (χ0v) is 12.0. The number of H-pyrrole nitrogens is 1. The summed E-state index contributed by atoms with van der Waals surface area (Å²) in [6.45, 7) is 0. The van der Waals surface area contributed by atoms with Crippen molar-refractivity contribution in [3.8, 4) is 17.1 Å². The van der Waals surface area contributed by atoms with Gasteiger partial charge in [-0.05, 0) is 36.4 Å². The summed E-state index contributed by atoms with van der Waals surface area (Å²) >= 11 is 0. The second-order valence-corrected chi connectivity index (χ2v) is 4.67. The highest BCUT2D eigenvalue weighted by Crippen LogP contribution is 2.21. The van der Waals surface area contributed by atoms with Gasteiger partial charge in [0, 0.05) is 23.6 Å². The van der Waals surface area contributed by atoms with Crippen LogP contribution in [0.2, 0.25) is 0 Å². The monoisotopic (exact) mass is 293 g/mol. The van der Waals surface area contributed by atoms with E-state index in [1.165, 1.54) is 0 Å². The second kappa shape index (κ2) is 6.13.